The van der Waals surface area contributed by atoms with Crippen LogP contribution in [0.15, 0.2) is 28.8 Å². The van der Waals surface area contributed by atoms with E-state index in [1.807, 2.05) is 24.3 Å². The van der Waals surface area contributed by atoms with E-state index in [1.165, 1.54) is 0 Å². The van der Waals surface area contributed by atoms with Gasteiger partial charge in [0.25, 0.3) is 0 Å². The van der Waals surface area contributed by atoms with E-state index in [-0.39, 0.29) is 6.10 Å². The summed E-state index contributed by atoms with van der Waals surface area (Å²) < 4.78 is 16.7. The fraction of sp³-hybridized carbons (Fsp3) is 0.429. The lowest BCUT2D eigenvalue weighted by molar-refractivity contribution is 0.0832. The Balaban J connectivity index is 1.69. The number of para-hydroxylation sites is 2. The van der Waals surface area contributed by atoms with E-state index >= 15 is 0 Å². The van der Waals surface area contributed by atoms with Crippen molar-refractivity contribution in [3.63, 3.8) is 0 Å². The Kier molecular flexibility index (Phi) is 3.56. The second-order valence-corrected chi connectivity index (χ2v) is 4.95. The summed E-state index contributed by atoms with van der Waals surface area (Å²) in [6.07, 6.45) is -0.332. The van der Waals surface area contributed by atoms with Crippen molar-refractivity contribution in [2.75, 3.05) is 6.61 Å². The van der Waals surface area contributed by atoms with Crippen LogP contribution < -0.4 is 14.8 Å². The molecule has 1 aliphatic heterocycles. The fourth-order valence-corrected chi connectivity index (χ4v) is 1.91. The van der Waals surface area contributed by atoms with Crippen LogP contribution in [0.2, 0.25) is 0 Å². The van der Waals surface area contributed by atoms with Gasteiger partial charge < -0.3 is 19.3 Å². The third-order valence-corrected chi connectivity index (χ3v) is 2.94. The summed E-state index contributed by atoms with van der Waals surface area (Å²) in [5.74, 6) is 2.51. The molecule has 0 amide bonds. The van der Waals surface area contributed by atoms with Crippen LogP contribution in [0.3, 0.4) is 0 Å². The molecule has 0 fully saturated rings. The minimum atomic E-state index is -0.332. The van der Waals surface area contributed by atoms with Gasteiger partial charge in [0, 0.05) is 6.04 Å². The van der Waals surface area contributed by atoms with E-state index < -0.39 is 0 Å². The molecule has 1 aromatic heterocycles. The Hall–Kier alpha value is -2.08. The van der Waals surface area contributed by atoms with Gasteiger partial charge in [0.05, 0.1) is 6.54 Å². The zero-order chi connectivity index (χ0) is 13.9. The SMILES string of the molecule is CC(C)NCc1nc(C2COc3ccccc3O2)no1. The highest BCUT2D eigenvalue weighted by molar-refractivity contribution is 5.40. The number of hydrogen-bond donors (Lipinski definition) is 1. The average molecular weight is 275 g/mol. The topological polar surface area (TPSA) is 69.4 Å². The zero-order valence-corrected chi connectivity index (χ0v) is 11.5. The number of hydrogen-bond acceptors (Lipinski definition) is 6. The van der Waals surface area contributed by atoms with Gasteiger partial charge in [-0.25, -0.2) is 0 Å². The Morgan fingerprint density at radius 2 is 2.10 bits per heavy atom. The Morgan fingerprint density at radius 3 is 2.90 bits per heavy atom. The van der Waals surface area contributed by atoms with E-state index in [0.29, 0.717) is 36.7 Å². The van der Waals surface area contributed by atoms with E-state index in [1.54, 1.807) is 0 Å². The Morgan fingerprint density at radius 1 is 1.30 bits per heavy atom. The number of rotatable bonds is 4. The molecule has 6 heteroatoms. The lowest BCUT2D eigenvalue weighted by Crippen LogP contribution is -2.23. The molecule has 0 saturated heterocycles. The van der Waals surface area contributed by atoms with E-state index in [9.17, 15) is 0 Å². The highest BCUT2D eigenvalue weighted by atomic mass is 16.6. The van der Waals surface area contributed by atoms with Crippen LogP contribution in [0.1, 0.15) is 31.7 Å². The van der Waals surface area contributed by atoms with Gasteiger partial charge in [-0.05, 0) is 12.1 Å². The summed E-state index contributed by atoms with van der Waals surface area (Å²) >= 11 is 0. The smallest absolute Gasteiger partial charge is 0.240 e. The van der Waals surface area contributed by atoms with Gasteiger partial charge in [-0.3, -0.25) is 0 Å². The highest BCUT2D eigenvalue weighted by Gasteiger charge is 2.26. The van der Waals surface area contributed by atoms with Crippen molar-refractivity contribution < 1.29 is 14.0 Å². The molecular formula is C14H17N3O3. The molecule has 1 N–H and O–H groups in total. The maximum Gasteiger partial charge on any atom is 0.240 e. The molecule has 2 heterocycles. The molecule has 0 spiro atoms. The van der Waals surface area contributed by atoms with E-state index in [4.69, 9.17) is 14.0 Å². The number of benzene rings is 1. The molecule has 1 unspecified atom stereocenters. The number of nitrogens with zero attached hydrogens (tertiary/aromatic N) is 2. The minimum absolute atomic E-state index is 0.332. The van der Waals surface area contributed by atoms with Crippen molar-refractivity contribution in [3.8, 4) is 11.5 Å². The molecule has 1 aromatic carbocycles. The summed E-state index contributed by atoms with van der Waals surface area (Å²) in [6, 6.07) is 7.92. The van der Waals surface area contributed by atoms with Crippen molar-refractivity contribution in [3.05, 3.63) is 36.0 Å². The van der Waals surface area contributed by atoms with Gasteiger partial charge in [0.2, 0.25) is 11.7 Å². The van der Waals surface area contributed by atoms with Crippen molar-refractivity contribution in [1.82, 2.24) is 15.5 Å². The predicted molar refractivity (Wildman–Crippen MR) is 71.6 cm³/mol. The molecule has 2 aromatic rings. The summed E-state index contributed by atoms with van der Waals surface area (Å²) in [6.45, 7) is 5.06. The van der Waals surface area contributed by atoms with Gasteiger partial charge in [0.15, 0.2) is 17.6 Å². The minimum Gasteiger partial charge on any atom is -0.485 e. The first-order chi connectivity index (χ1) is 9.72. The van der Waals surface area contributed by atoms with Crippen molar-refractivity contribution >= 4 is 0 Å². The Labute approximate surface area is 117 Å². The molecule has 1 atom stereocenters. The molecule has 1 aliphatic rings. The number of aromatic nitrogens is 2. The molecule has 0 saturated carbocycles. The number of fused-ring (bicyclic) bond motifs is 1. The van der Waals surface area contributed by atoms with Gasteiger partial charge in [-0.2, -0.15) is 4.98 Å². The second-order valence-electron chi connectivity index (χ2n) is 4.95. The first-order valence-corrected chi connectivity index (χ1v) is 6.66. The van der Waals surface area contributed by atoms with Gasteiger partial charge in [0.1, 0.15) is 6.61 Å². The highest BCUT2D eigenvalue weighted by Crippen LogP contribution is 2.34. The van der Waals surface area contributed by atoms with Crippen LogP contribution >= 0.6 is 0 Å². The maximum atomic E-state index is 5.83. The molecule has 0 radical (unpaired) electrons. The summed E-state index contributed by atoms with van der Waals surface area (Å²) in [7, 11) is 0. The van der Waals surface area contributed by atoms with Crippen LogP contribution in [0.25, 0.3) is 0 Å². The first-order valence-electron chi connectivity index (χ1n) is 6.66. The summed E-state index contributed by atoms with van der Waals surface area (Å²) in [4.78, 5) is 4.33. The molecule has 0 aliphatic carbocycles. The maximum absolute atomic E-state index is 5.83. The average Bonchev–Trinajstić information content (AvgIpc) is 2.93. The molecule has 106 valence electrons. The fourth-order valence-electron chi connectivity index (χ4n) is 1.91. The summed E-state index contributed by atoms with van der Waals surface area (Å²) in [5, 5.41) is 7.18. The monoisotopic (exact) mass is 275 g/mol. The lowest BCUT2D eigenvalue weighted by atomic mass is 10.2. The number of ether oxygens (including phenoxy) is 2. The van der Waals surface area contributed by atoms with Crippen LogP contribution in [0.5, 0.6) is 11.5 Å². The van der Waals surface area contributed by atoms with Crippen LogP contribution in [-0.2, 0) is 6.54 Å². The largest absolute Gasteiger partial charge is 0.485 e. The van der Waals surface area contributed by atoms with Crippen molar-refractivity contribution in [2.45, 2.75) is 32.5 Å². The van der Waals surface area contributed by atoms with Crippen LogP contribution in [0.4, 0.5) is 0 Å². The molecule has 20 heavy (non-hydrogen) atoms. The van der Waals surface area contributed by atoms with Gasteiger partial charge in [-0.15, -0.1) is 0 Å². The lowest BCUT2D eigenvalue weighted by Gasteiger charge is -2.24. The molecule has 0 bridgehead atoms. The van der Waals surface area contributed by atoms with Crippen LogP contribution in [-0.4, -0.2) is 22.8 Å². The normalized spacial score (nSPS) is 17.4. The molecular weight excluding hydrogens is 258 g/mol. The van der Waals surface area contributed by atoms with Crippen LogP contribution in [0, 0.1) is 0 Å². The third-order valence-electron chi connectivity index (χ3n) is 2.94. The predicted octanol–water partition coefficient (Wildman–Crippen LogP) is 2.08. The van der Waals surface area contributed by atoms with E-state index in [0.717, 1.165) is 5.75 Å². The summed E-state index contributed by atoms with van der Waals surface area (Å²) in [5.41, 5.74) is 0. The van der Waals surface area contributed by atoms with Gasteiger partial charge in [-0.1, -0.05) is 31.1 Å². The molecule has 6 nitrogen and oxygen atoms in total. The third kappa shape index (κ3) is 2.75. The van der Waals surface area contributed by atoms with Gasteiger partial charge >= 0.3 is 0 Å². The quantitative estimate of drug-likeness (QED) is 0.921. The van der Waals surface area contributed by atoms with E-state index in [2.05, 4.69) is 29.3 Å². The van der Waals surface area contributed by atoms with Crippen molar-refractivity contribution in [1.29, 1.82) is 0 Å². The first kappa shape index (κ1) is 12.9. The second kappa shape index (κ2) is 5.50. The zero-order valence-electron chi connectivity index (χ0n) is 11.5. The Bertz CT molecular complexity index is 583. The van der Waals surface area contributed by atoms with Crippen molar-refractivity contribution in [2.24, 2.45) is 0 Å². The number of nitrogens with one attached hydrogen (secondary N) is 1. The molecule has 3 rings (SSSR count). The standard InChI is InChI=1S/C14H17N3O3/c1-9(2)15-7-13-16-14(17-20-13)12-8-18-10-5-3-4-6-11(10)19-12/h3-6,9,12,15H,7-8H2,1-2H3.